The Labute approximate surface area is 607 Å². The molecule has 0 saturated carbocycles. The molecule has 7 amide bonds. The Bertz CT molecular complexity index is 4190. The monoisotopic (exact) mass is 1510 g/mol. The van der Waals surface area contributed by atoms with Gasteiger partial charge in [0.15, 0.2) is 36.0 Å². The third-order valence-electron chi connectivity index (χ3n) is 18.5. The lowest BCUT2D eigenvalue weighted by atomic mass is 9.86. The number of hydrogen-bond donors (Lipinski definition) is 21. The predicted octanol–water partition coefficient (Wildman–Crippen LogP) is -1.24. The van der Waals surface area contributed by atoms with E-state index in [1.165, 1.54) is 33.0 Å². The number of phenolic OH excluding ortho intramolecular Hbond substituents is 3. The van der Waals surface area contributed by atoms with E-state index in [4.69, 9.17) is 68.8 Å². The van der Waals surface area contributed by atoms with Crippen molar-refractivity contribution in [3.8, 4) is 57.1 Å². The number of phenols is 3. The van der Waals surface area contributed by atoms with Crippen LogP contribution in [0.2, 0.25) is 10.0 Å². The second-order valence-electron chi connectivity index (χ2n) is 26.6. The van der Waals surface area contributed by atoms with E-state index in [2.05, 4.69) is 42.5 Å². The first-order chi connectivity index (χ1) is 49.6. The van der Waals surface area contributed by atoms with Crippen molar-refractivity contribution in [2.45, 2.75) is 156 Å². The highest BCUT2D eigenvalue weighted by Crippen LogP contribution is 2.50. The maximum Gasteiger partial charge on any atom is 0.330 e. The zero-order chi connectivity index (χ0) is 76.5. The fraction of sp³-hybridized carbons (Fsp3) is 0.441. The number of aliphatic hydroxyl groups excluding tert-OH is 6. The lowest BCUT2D eigenvalue weighted by molar-refractivity contribution is -0.333. The van der Waals surface area contributed by atoms with Gasteiger partial charge in [0.05, 0.1) is 40.5 Å². The second kappa shape index (κ2) is 32.2. The van der Waals surface area contributed by atoms with Crippen LogP contribution in [0.4, 0.5) is 0 Å². The number of rotatable bonds is 16. The maximum atomic E-state index is 16.1. The first-order valence-electron chi connectivity index (χ1n) is 33.0. The molecular formula is C68H81Cl2N11O24. The number of carbonyl (C=O) groups excluding carboxylic acids is 7. The van der Waals surface area contributed by atoms with Gasteiger partial charge in [-0.3, -0.25) is 33.6 Å². The number of halogens is 2. The number of fused-ring (bicyclic) bond motifs is 15. The van der Waals surface area contributed by atoms with Crippen molar-refractivity contribution in [2.75, 3.05) is 26.7 Å². The van der Waals surface area contributed by atoms with Crippen LogP contribution in [0.25, 0.3) is 11.1 Å². The minimum Gasteiger partial charge on any atom is -0.507 e. The highest BCUT2D eigenvalue weighted by atomic mass is 35.5. The van der Waals surface area contributed by atoms with Crippen LogP contribution in [0.5, 0.6) is 46.0 Å². The van der Waals surface area contributed by atoms with Crippen LogP contribution in [-0.4, -0.2) is 204 Å². The molecule has 7 heterocycles. The van der Waals surface area contributed by atoms with Crippen molar-refractivity contribution in [1.82, 2.24) is 42.5 Å². The van der Waals surface area contributed by atoms with Crippen LogP contribution in [0.15, 0.2) is 72.8 Å². The summed E-state index contributed by atoms with van der Waals surface area (Å²) in [5.41, 5.74) is 13.4. The van der Waals surface area contributed by atoms with Gasteiger partial charge in [-0.1, -0.05) is 55.2 Å². The van der Waals surface area contributed by atoms with Crippen molar-refractivity contribution in [2.24, 2.45) is 23.1 Å². The number of primary amides is 1. The Morgan fingerprint density at radius 3 is 1.90 bits per heavy atom. The van der Waals surface area contributed by atoms with Gasteiger partial charge in [0.1, 0.15) is 83.4 Å². The standard InChI is InChI=1S/C68H81Cl2N11O24/c1-24(2)14-35(74-5)60(92)79-48-51(85)27-7-10-38(33(69)16-27)101-40-18-29-19-41(56(40)105-67-57(55(89)54(88)42(23-82)103-67)104-43-21-68(4,73)58(90)25(3)100-43)102-39-11-8-28(17-34(39)70)52(86)49-63(95)78-47(66(98)99)31-20-37(84)32(22-75-13-12-71)53(87)44(31)30-15-26(6-9-36(30)83)45(61(93)80-49)76-62(94)46(29)77-65(97)50(59(72)91)81-64(48)96/h6-11,15-20,24-25,35,42-43,45-52,54-55,57-58,67,74-75,82-90H,12-14,21-23,71,73H2,1-5H3,(H2,72,91)(H,76,94)(H,77,97)(H,78,95)(H,79,92)(H,80,93)(H,81,96)(H,98,99)/t25-,35+,42+,43-,45+,46+,47-,48?,49-,50?,51+,52+,54+,55-,57+,58+,67-,68-/m0/s1. The zero-order valence-corrected chi connectivity index (χ0v) is 58.3. The SMILES string of the molecule is CN[C@H](CC(C)C)C(=O)NC1C(=O)NC(C(N)=O)C(=O)N[C@H]2C(=O)N[C@H]3C(=O)N[C@H](C(=O)N[C@H](C(=O)O)c4cc(O)c(CNCCN)c(O)c4-c4cc3ccc4O)[C@H](O)c3ccc(c(Cl)c3)Oc3cc2cc(c3O[C@@H]2O[C@H](CO)[C@@H](O)[C@H](O)[C@H]2O[C@H]2C[C@](C)(N)[C@H](O)[C@H](C)O2)Oc2ccc(cc2Cl)[C@H]1O. The van der Waals surface area contributed by atoms with Gasteiger partial charge in [-0.15, -0.1) is 0 Å². The molecule has 12 rings (SSSR count). The number of carboxylic acids is 1. The number of hydrogen-bond acceptors (Lipinski definition) is 27. The van der Waals surface area contributed by atoms with Crippen molar-refractivity contribution in [3.05, 3.63) is 116 Å². The molecule has 5 aromatic rings. The number of likely N-dealkylation sites (N-methyl/N-ethyl adjacent to an activating group) is 1. The first kappa shape index (κ1) is 78.3. The van der Waals surface area contributed by atoms with Gasteiger partial charge in [-0.2, -0.15) is 0 Å². The Balaban J connectivity index is 1.24. The molecule has 24 N–H and O–H groups in total. The quantitative estimate of drug-likeness (QED) is 0.0406. The molecule has 37 heteroatoms. The van der Waals surface area contributed by atoms with Crippen LogP contribution in [0.3, 0.4) is 0 Å². The summed E-state index contributed by atoms with van der Waals surface area (Å²) in [6, 6.07) is -2.32. The van der Waals surface area contributed by atoms with E-state index in [1.54, 1.807) is 13.8 Å². The number of carbonyl (C=O) groups is 8. The summed E-state index contributed by atoms with van der Waals surface area (Å²) in [6.45, 7) is 5.47. The topological polar surface area (TPSA) is 569 Å². The molecule has 11 bridgehead atoms. The number of aliphatic carboxylic acids is 1. The summed E-state index contributed by atoms with van der Waals surface area (Å²) in [4.78, 5) is 118. The van der Waals surface area contributed by atoms with E-state index < -0.39 is 231 Å². The smallest absolute Gasteiger partial charge is 0.330 e. The van der Waals surface area contributed by atoms with Crippen LogP contribution >= 0.6 is 23.2 Å². The van der Waals surface area contributed by atoms with Gasteiger partial charge in [0.2, 0.25) is 47.5 Å². The lowest BCUT2D eigenvalue weighted by Gasteiger charge is -2.47. The van der Waals surface area contributed by atoms with Gasteiger partial charge in [0.25, 0.3) is 5.91 Å². The molecule has 18 atom stereocenters. The minimum absolute atomic E-state index is 0.0700. The molecule has 2 unspecified atom stereocenters. The third-order valence-corrected chi connectivity index (χ3v) is 19.1. The summed E-state index contributed by atoms with van der Waals surface area (Å²) in [5, 5.41) is 135. The first-order valence-corrected chi connectivity index (χ1v) is 33.8. The van der Waals surface area contributed by atoms with Gasteiger partial charge in [-0.05, 0) is 110 Å². The fourth-order valence-electron chi connectivity index (χ4n) is 12.9. The van der Waals surface area contributed by atoms with Crippen molar-refractivity contribution in [1.29, 1.82) is 0 Å². The number of benzene rings is 5. The molecule has 2 fully saturated rings. The van der Waals surface area contributed by atoms with Crippen LogP contribution in [0, 0.1) is 5.92 Å². The molecule has 2 saturated heterocycles. The number of ether oxygens (including phenoxy) is 6. The maximum absolute atomic E-state index is 16.1. The van der Waals surface area contributed by atoms with Crippen LogP contribution in [0.1, 0.15) is 104 Å². The van der Waals surface area contributed by atoms with E-state index in [9.17, 15) is 70.2 Å². The van der Waals surface area contributed by atoms with Crippen LogP contribution in [-0.2, 0) is 59.1 Å². The summed E-state index contributed by atoms with van der Waals surface area (Å²) in [7, 11) is 1.46. The van der Waals surface area contributed by atoms with Gasteiger partial charge < -0.3 is 139 Å². The van der Waals surface area contributed by atoms with Crippen molar-refractivity contribution < 1.29 is 118 Å². The largest absolute Gasteiger partial charge is 0.507 e. The summed E-state index contributed by atoms with van der Waals surface area (Å²) in [5.74, 6) is -17.0. The predicted molar refractivity (Wildman–Crippen MR) is 365 cm³/mol. The molecular weight excluding hydrogens is 1430 g/mol. The highest BCUT2D eigenvalue weighted by Gasteiger charge is 2.52. The fourth-order valence-corrected chi connectivity index (χ4v) is 13.3. The lowest BCUT2D eigenvalue weighted by Crippen LogP contribution is -2.64. The van der Waals surface area contributed by atoms with Gasteiger partial charge in [0, 0.05) is 48.3 Å². The number of carboxylic acid groups (broad SMARTS) is 1. The molecule has 105 heavy (non-hydrogen) atoms. The Morgan fingerprint density at radius 1 is 0.724 bits per heavy atom. The molecule has 35 nitrogen and oxygen atoms in total. The number of nitrogens with one attached hydrogen (secondary N) is 8. The number of aliphatic hydroxyl groups is 6. The van der Waals surface area contributed by atoms with E-state index >= 15 is 19.2 Å². The Morgan fingerprint density at radius 2 is 1.32 bits per heavy atom. The number of aromatic hydroxyl groups is 3. The average molecular weight is 1510 g/mol. The summed E-state index contributed by atoms with van der Waals surface area (Å²) < 4.78 is 38.3. The summed E-state index contributed by atoms with van der Waals surface area (Å²) >= 11 is 14.1. The minimum atomic E-state index is -2.57. The molecule has 0 radical (unpaired) electrons. The van der Waals surface area contributed by atoms with E-state index in [-0.39, 0.29) is 71.4 Å². The summed E-state index contributed by atoms with van der Waals surface area (Å²) in [6.07, 6.45) is -17.7. The zero-order valence-electron chi connectivity index (χ0n) is 56.7. The van der Waals surface area contributed by atoms with E-state index in [0.717, 1.165) is 60.7 Å². The molecule has 7 aliphatic heterocycles. The van der Waals surface area contributed by atoms with E-state index in [1.807, 2.05) is 0 Å². The number of amides is 7. The molecule has 5 aromatic carbocycles. The molecule has 0 aromatic heterocycles. The van der Waals surface area contributed by atoms with Crippen molar-refractivity contribution in [3.63, 3.8) is 0 Å². The van der Waals surface area contributed by atoms with Gasteiger partial charge >= 0.3 is 5.97 Å². The molecule has 0 aliphatic carbocycles. The Kier molecular flexibility index (Phi) is 24.0. The molecule has 566 valence electrons. The second-order valence-corrected chi connectivity index (χ2v) is 27.4. The Hall–Kier alpha value is -9.28. The normalized spacial score (nSPS) is 28.8. The van der Waals surface area contributed by atoms with Crippen LogP contribution < -0.4 is 73.9 Å². The van der Waals surface area contributed by atoms with E-state index in [0.29, 0.717) is 0 Å². The highest BCUT2D eigenvalue weighted by molar-refractivity contribution is 6.32. The van der Waals surface area contributed by atoms with Gasteiger partial charge in [-0.25, -0.2) is 4.79 Å². The average Bonchev–Trinajstić information content (AvgIpc) is 0.763. The van der Waals surface area contributed by atoms with Crippen molar-refractivity contribution >= 4 is 70.5 Å². The number of nitrogens with two attached hydrogens (primary N) is 3. The third kappa shape index (κ3) is 16.6. The molecule has 0 spiro atoms. The molecule has 7 aliphatic rings.